The molecule has 3 heteroatoms. The van der Waals surface area contributed by atoms with Crippen LogP contribution in [0.1, 0.15) is 25.1 Å². The van der Waals surface area contributed by atoms with E-state index >= 15 is 0 Å². The van der Waals surface area contributed by atoms with E-state index in [2.05, 4.69) is 34.4 Å². The van der Waals surface area contributed by atoms with Crippen LogP contribution in [0.5, 0.6) is 0 Å². The number of nitrogens with zero attached hydrogens (tertiary/aromatic N) is 2. The van der Waals surface area contributed by atoms with Gasteiger partial charge >= 0.3 is 0 Å². The molecule has 0 aromatic carbocycles. The topological polar surface area (TPSA) is 17.8 Å². The smallest absolute Gasteiger partial charge is 0.105 e. The molecule has 0 amide bonds. The molecule has 1 aromatic rings. The summed E-state index contributed by atoms with van der Waals surface area (Å²) in [5, 5.41) is 0. The van der Waals surface area contributed by atoms with Crippen LogP contribution in [-0.2, 0) is 6.54 Å². The summed E-state index contributed by atoms with van der Waals surface area (Å²) in [5.74, 6) is 4.89. The van der Waals surface area contributed by atoms with Crippen LogP contribution in [0.15, 0.2) is 12.4 Å². The van der Waals surface area contributed by atoms with Crippen LogP contribution in [0.4, 0.5) is 0 Å². The molecule has 0 unspecified atom stereocenters. The minimum absolute atomic E-state index is 1.06. The van der Waals surface area contributed by atoms with E-state index < -0.39 is 0 Å². The molecule has 78 valence electrons. The van der Waals surface area contributed by atoms with Crippen molar-refractivity contribution in [3.05, 3.63) is 18.2 Å². The molecule has 0 spiro atoms. The molecule has 2 rings (SSSR count). The first-order valence-electron chi connectivity index (χ1n) is 5.42. The number of hydrogen-bond donors (Lipinski definition) is 0. The minimum atomic E-state index is 1.06. The molecule has 0 radical (unpaired) electrons. The van der Waals surface area contributed by atoms with Gasteiger partial charge in [-0.25, -0.2) is 4.98 Å². The summed E-state index contributed by atoms with van der Waals surface area (Å²) in [4.78, 5) is 4.21. The Hall–Kier alpha value is -0.440. The second kappa shape index (κ2) is 4.87. The Kier molecular flexibility index (Phi) is 3.51. The Bertz CT molecular complexity index is 279. The molecule has 1 aliphatic rings. The SMILES string of the molecule is Cc1nccn1CCCSCC1CC1. The molecule has 2 nitrogen and oxygen atoms in total. The van der Waals surface area contributed by atoms with Gasteiger partial charge in [0, 0.05) is 18.9 Å². The van der Waals surface area contributed by atoms with Gasteiger partial charge in [-0.3, -0.25) is 0 Å². The molecule has 0 N–H and O–H groups in total. The van der Waals surface area contributed by atoms with Crippen molar-refractivity contribution < 1.29 is 0 Å². The third kappa shape index (κ3) is 3.05. The first-order valence-corrected chi connectivity index (χ1v) is 6.57. The van der Waals surface area contributed by atoms with Crippen molar-refractivity contribution in [2.75, 3.05) is 11.5 Å². The lowest BCUT2D eigenvalue weighted by molar-refractivity contribution is 0.662. The Morgan fingerprint density at radius 1 is 1.57 bits per heavy atom. The molecular formula is C11H18N2S. The van der Waals surface area contributed by atoms with Gasteiger partial charge in [0.15, 0.2) is 0 Å². The summed E-state index contributed by atoms with van der Waals surface area (Å²) in [5.41, 5.74) is 0. The van der Waals surface area contributed by atoms with Crippen LogP contribution in [0.25, 0.3) is 0 Å². The molecule has 0 atom stereocenters. The Morgan fingerprint density at radius 3 is 3.07 bits per heavy atom. The van der Waals surface area contributed by atoms with Crippen molar-refractivity contribution in [3.63, 3.8) is 0 Å². The summed E-state index contributed by atoms with van der Waals surface area (Å²) in [6.07, 6.45) is 8.18. The third-order valence-electron chi connectivity index (χ3n) is 2.66. The maximum absolute atomic E-state index is 4.21. The van der Waals surface area contributed by atoms with Gasteiger partial charge in [0.25, 0.3) is 0 Å². The van der Waals surface area contributed by atoms with E-state index in [1.54, 1.807) is 0 Å². The minimum Gasteiger partial charge on any atom is -0.335 e. The number of imidazole rings is 1. The van der Waals surface area contributed by atoms with Gasteiger partial charge in [-0.05, 0) is 43.6 Å². The van der Waals surface area contributed by atoms with E-state index in [1.165, 1.54) is 30.8 Å². The van der Waals surface area contributed by atoms with Crippen molar-refractivity contribution in [1.29, 1.82) is 0 Å². The Labute approximate surface area is 90.1 Å². The Morgan fingerprint density at radius 2 is 2.43 bits per heavy atom. The van der Waals surface area contributed by atoms with Crippen molar-refractivity contribution in [2.45, 2.75) is 32.7 Å². The van der Waals surface area contributed by atoms with Crippen molar-refractivity contribution in [1.82, 2.24) is 9.55 Å². The van der Waals surface area contributed by atoms with Gasteiger partial charge in [0.1, 0.15) is 5.82 Å². The van der Waals surface area contributed by atoms with Gasteiger partial charge in [0.2, 0.25) is 0 Å². The van der Waals surface area contributed by atoms with Crippen molar-refractivity contribution in [3.8, 4) is 0 Å². The predicted molar refractivity (Wildman–Crippen MR) is 61.6 cm³/mol. The van der Waals surface area contributed by atoms with Crippen molar-refractivity contribution >= 4 is 11.8 Å². The van der Waals surface area contributed by atoms with E-state index in [0.717, 1.165) is 18.3 Å². The van der Waals surface area contributed by atoms with Crippen LogP contribution in [0.2, 0.25) is 0 Å². The summed E-state index contributed by atoms with van der Waals surface area (Å²) >= 11 is 2.12. The highest BCUT2D eigenvalue weighted by Gasteiger charge is 2.20. The fraction of sp³-hybridized carbons (Fsp3) is 0.727. The average Bonchev–Trinajstić information content (AvgIpc) is 2.91. The van der Waals surface area contributed by atoms with E-state index in [-0.39, 0.29) is 0 Å². The summed E-state index contributed by atoms with van der Waals surface area (Å²) in [6, 6.07) is 0. The summed E-state index contributed by atoms with van der Waals surface area (Å²) < 4.78 is 2.23. The molecule has 1 saturated carbocycles. The molecule has 0 saturated heterocycles. The van der Waals surface area contributed by atoms with Gasteiger partial charge in [0.05, 0.1) is 0 Å². The van der Waals surface area contributed by atoms with Crippen molar-refractivity contribution in [2.24, 2.45) is 5.92 Å². The molecule has 1 heterocycles. The highest BCUT2D eigenvalue weighted by molar-refractivity contribution is 7.99. The van der Waals surface area contributed by atoms with Gasteiger partial charge in [-0.2, -0.15) is 11.8 Å². The molecule has 1 aliphatic carbocycles. The van der Waals surface area contributed by atoms with Gasteiger partial charge in [-0.1, -0.05) is 0 Å². The second-order valence-corrected chi connectivity index (χ2v) is 5.19. The van der Waals surface area contributed by atoms with E-state index in [9.17, 15) is 0 Å². The maximum atomic E-state index is 4.21. The van der Waals surface area contributed by atoms with E-state index in [4.69, 9.17) is 0 Å². The summed E-state index contributed by atoms with van der Waals surface area (Å²) in [7, 11) is 0. The molecule has 1 aromatic heterocycles. The Balaban J connectivity index is 1.56. The molecule has 0 aliphatic heterocycles. The van der Waals surface area contributed by atoms with Crippen LogP contribution >= 0.6 is 11.8 Å². The second-order valence-electron chi connectivity index (χ2n) is 4.04. The fourth-order valence-electron chi connectivity index (χ4n) is 1.51. The predicted octanol–water partition coefficient (Wildman–Crippen LogP) is 2.72. The number of aryl methyl sites for hydroxylation is 2. The lowest BCUT2D eigenvalue weighted by atomic mass is 10.4. The number of aromatic nitrogens is 2. The highest BCUT2D eigenvalue weighted by atomic mass is 32.2. The zero-order valence-electron chi connectivity index (χ0n) is 8.78. The van der Waals surface area contributed by atoms with Gasteiger partial charge in [-0.15, -0.1) is 0 Å². The normalized spacial score (nSPS) is 16.1. The quantitative estimate of drug-likeness (QED) is 0.672. The lowest BCUT2D eigenvalue weighted by Crippen LogP contribution is -2.00. The summed E-state index contributed by atoms with van der Waals surface area (Å²) in [6.45, 7) is 3.20. The zero-order chi connectivity index (χ0) is 9.80. The van der Waals surface area contributed by atoms with Crippen LogP contribution in [-0.4, -0.2) is 21.1 Å². The van der Waals surface area contributed by atoms with E-state index in [1.807, 2.05) is 6.20 Å². The average molecular weight is 210 g/mol. The lowest BCUT2D eigenvalue weighted by Gasteiger charge is -2.04. The molecule has 14 heavy (non-hydrogen) atoms. The van der Waals surface area contributed by atoms with Crippen LogP contribution < -0.4 is 0 Å². The third-order valence-corrected chi connectivity index (χ3v) is 3.95. The molecular weight excluding hydrogens is 192 g/mol. The highest BCUT2D eigenvalue weighted by Crippen LogP contribution is 2.32. The zero-order valence-corrected chi connectivity index (χ0v) is 9.59. The van der Waals surface area contributed by atoms with Crippen LogP contribution in [0.3, 0.4) is 0 Å². The van der Waals surface area contributed by atoms with E-state index in [0.29, 0.717) is 0 Å². The number of hydrogen-bond acceptors (Lipinski definition) is 2. The maximum Gasteiger partial charge on any atom is 0.105 e. The standard InChI is InChI=1S/C11H18N2S/c1-10-12-5-7-13(10)6-2-8-14-9-11-3-4-11/h5,7,11H,2-4,6,8-9H2,1H3. The monoisotopic (exact) mass is 210 g/mol. The first kappa shape index (κ1) is 10.1. The van der Waals surface area contributed by atoms with Gasteiger partial charge < -0.3 is 4.57 Å². The van der Waals surface area contributed by atoms with Crippen LogP contribution in [0, 0.1) is 12.8 Å². The number of thioether (sulfide) groups is 1. The fourth-order valence-corrected chi connectivity index (χ4v) is 2.68. The number of rotatable bonds is 6. The molecule has 0 bridgehead atoms. The molecule has 1 fully saturated rings. The first-order chi connectivity index (χ1) is 6.86. The largest absolute Gasteiger partial charge is 0.335 e.